The molecule has 0 aliphatic carbocycles. The largest absolute Gasteiger partial charge is 0.461 e. The Morgan fingerprint density at radius 3 is 2.68 bits per heavy atom. The fourth-order valence-electron chi connectivity index (χ4n) is 2.06. The summed E-state index contributed by atoms with van der Waals surface area (Å²) in [6.45, 7) is 1.36. The Morgan fingerprint density at radius 1 is 1.11 bits per heavy atom. The maximum absolute atomic E-state index is 12.2. The fourth-order valence-corrected chi connectivity index (χ4v) is 2.06. The lowest BCUT2D eigenvalue weighted by Crippen LogP contribution is -2.18. The summed E-state index contributed by atoms with van der Waals surface area (Å²) >= 11 is 0. The Balaban J connectivity index is 1.85. The van der Waals surface area contributed by atoms with Gasteiger partial charge in [-0.1, -0.05) is 18.2 Å². The average Bonchev–Trinajstić information content (AvgIpc) is 3.02. The summed E-state index contributed by atoms with van der Waals surface area (Å²) in [7, 11) is 0. The van der Waals surface area contributed by atoms with Gasteiger partial charge in [0.05, 0.1) is 19.5 Å². The minimum Gasteiger partial charge on any atom is -0.461 e. The molecule has 4 nitrogen and oxygen atoms in total. The zero-order valence-corrected chi connectivity index (χ0v) is 10.4. The van der Waals surface area contributed by atoms with E-state index < -0.39 is 0 Å². The smallest absolute Gasteiger partial charge is 0.228 e. The maximum atomic E-state index is 12.2. The van der Waals surface area contributed by atoms with Crippen LogP contribution in [0.15, 0.2) is 47.1 Å². The molecule has 0 bridgehead atoms. The van der Waals surface area contributed by atoms with Crippen LogP contribution in [0.3, 0.4) is 0 Å². The van der Waals surface area contributed by atoms with E-state index in [4.69, 9.17) is 13.9 Å². The molecule has 19 heavy (non-hydrogen) atoms. The molecular weight excluding hydrogens is 244 g/mol. The average molecular weight is 258 g/mol. The van der Waals surface area contributed by atoms with E-state index in [-0.39, 0.29) is 12.1 Å². The highest BCUT2D eigenvalue weighted by Crippen LogP contribution is 2.24. The lowest BCUT2D eigenvalue weighted by molar-refractivity contribution is -0.183. The van der Waals surface area contributed by atoms with Crippen molar-refractivity contribution in [2.75, 3.05) is 13.2 Å². The number of ketones is 1. The number of furan rings is 1. The molecule has 1 aromatic carbocycles. The lowest BCUT2D eigenvalue weighted by atomic mass is 10.1. The molecule has 2 heterocycles. The summed E-state index contributed by atoms with van der Waals surface area (Å²) in [5, 5.41) is 0. The van der Waals surface area contributed by atoms with Crippen LogP contribution in [0.25, 0.3) is 0 Å². The molecule has 0 unspecified atom stereocenters. The van der Waals surface area contributed by atoms with E-state index in [9.17, 15) is 4.79 Å². The van der Waals surface area contributed by atoms with Crippen LogP contribution in [0, 0.1) is 0 Å². The molecular formula is C15H14O4. The number of carbonyl (C=O) groups excluding carboxylic acids is 1. The fraction of sp³-hybridized carbons (Fsp3) is 0.267. The van der Waals surface area contributed by atoms with Gasteiger partial charge in [-0.3, -0.25) is 4.79 Å². The number of rotatable bonds is 3. The molecule has 3 rings (SSSR count). The van der Waals surface area contributed by atoms with Crippen LogP contribution in [-0.2, 0) is 9.47 Å². The van der Waals surface area contributed by atoms with Crippen molar-refractivity contribution in [1.82, 2.24) is 0 Å². The van der Waals surface area contributed by atoms with Gasteiger partial charge in [-0.2, -0.15) is 0 Å². The summed E-state index contributed by atoms with van der Waals surface area (Å²) in [6, 6.07) is 10.6. The van der Waals surface area contributed by atoms with Gasteiger partial charge in [0.25, 0.3) is 0 Å². The van der Waals surface area contributed by atoms with Crippen molar-refractivity contribution in [3.8, 4) is 0 Å². The standard InChI is InChI=1S/C15H14O4/c16-14(13-6-2-7-17-13)11-4-1-5-12(10-11)15-18-8-3-9-19-15/h1-2,4-7,10,15H,3,8-9H2. The Bertz CT molecular complexity index is 553. The second-order valence-electron chi connectivity index (χ2n) is 4.36. The van der Waals surface area contributed by atoms with Crippen LogP contribution in [-0.4, -0.2) is 19.0 Å². The van der Waals surface area contributed by atoms with Crippen LogP contribution in [0.5, 0.6) is 0 Å². The molecule has 0 spiro atoms. The van der Waals surface area contributed by atoms with Crippen LogP contribution in [0.4, 0.5) is 0 Å². The van der Waals surface area contributed by atoms with Gasteiger partial charge in [-0.15, -0.1) is 0 Å². The first-order valence-electron chi connectivity index (χ1n) is 6.26. The van der Waals surface area contributed by atoms with Crippen LogP contribution in [0.1, 0.15) is 34.4 Å². The monoisotopic (exact) mass is 258 g/mol. The van der Waals surface area contributed by atoms with Gasteiger partial charge in [0, 0.05) is 11.1 Å². The summed E-state index contributed by atoms with van der Waals surface area (Å²) in [6.07, 6.45) is 2.02. The van der Waals surface area contributed by atoms with Crippen molar-refractivity contribution in [3.63, 3.8) is 0 Å². The molecule has 1 saturated heterocycles. The van der Waals surface area contributed by atoms with Crippen molar-refractivity contribution < 1.29 is 18.7 Å². The lowest BCUT2D eigenvalue weighted by Gasteiger charge is -2.23. The van der Waals surface area contributed by atoms with E-state index >= 15 is 0 Å². The molecule has 0 saturated carbocycles. The van der Waals surface area contributed by atoms with Crippen molar-refractivity contribution in [2.24, 2.45) is 0 Å². The Morgan fingerprint density at radius 2 is 1.95 bits per heavy atom. The predicted octanol–water partition coefficient (Wildman–Crippen LogP) is 2.95. The van der Waals surface area contributed by atoms with Gasteiger partial charge < -0.3 is 13.9 Å². The molecule has 0 radical (unpaired) electrons. The van der Waals surface area contributed by atoms with E-state index in [0.29, 0.717) is 24.5 Å². The van der Waals surface area contributed by atoms with Crippen molar-refractivity contribution in [2.45, 2.75) is 12.7 Å². The number of benzene rings is 1. The first-order chi connectivity index (χ1) is 9.34. The minimum atomic E-state index is -0.377. The number of ether oxygens (including phenoxy) is 2. The highest BCUT2D eigenvalue weighted by Gasteiger charge is 2.19. The van der Waals surface area contributed by atoms with Gasteiger partial charge in [0.2, 0.25) is 5.78 Å². The molecule has 0 amide bonds. The SMILES string of the molecule is O=C(c1cccc(C2OCCCO2)c1)c1ccco1. The second kappa shape index (κ2) is 5.38. The molecule has 1 aliphatic heterocycles. The number of hydrogen-bond donors (Lipinski definition) is 0. The third-order valence-electron chi connectivity index (χ3n) is 2.99. The number of carbonyl (C=O) groups is 1. The van der Waals surface area contributed by atoms with Gasteiger partial charge in [-0.05, 0) is 24.6 Å². The number of hydrogen-bond acceptors (Lipinski definition) is 4. The second-order valence-corrected chi connectivity index (χ2v) is 4.36. The van der Waals surface area contributed by atoms with E-state index in [0.717, 1.165) is 12.0 Å². The summed E-state index contributed by atoms with van der Waals surface area (Å²) in [5.41, 5.74) is 1.43. The quantitative estimate of drug-likeness (QED) is 0.794. The van der Waals surface area contributed by atoms with Crippen LogP contribution < -0.4 is 0 Å². The van der Waals surface area contributed by atoms with Crippen molar-refractivity contribution in [3.05, 3.63) is 59.5 Å². The maximum Gasteiger partial charge on any atom is 0.228 e. The zero-order chi connectivity index (χ0) is 13.1. The molecule has 98 valence electrons. The van der Waals surface area contributed by atoms with E-state index in [1.165, 1.54) is 6.26 Å². The van der Waals surface area contributed by atoms with Crippen molar-refractivity contribution in [1.29, 1.82) is 0 Å². The van der Waals surface area contributed by atoms with Gasteiger partial charge in [-0.25, -0.2) is 0 Å². The molecule has 0 atom stereocenters. The summed E-state index contributed by atoms with van der Waals surface area (Å²) in [4.78, 5) is 12.2. The Kier molecular flexibility index (Phi) is 3.44. The van der Waals surface area contributed by atoms with Crippen LogP contribution in [0.2, 0.25) is 0 Å². The van der Waals surface area contributed by atoms with E-state index in [1.54, 1.807) is 24.3 Å². The molecule has 4 heteroatoms. The minimum absolute atomic E-state index is 0.136. The summed E-state index contributed by atoms with van der Waals surface area (Å²) in [5.74, 6) is 0.199. The van der Waals surface area contributed by atoms with Crippen LogP contribution >= 0.6 is 0 Å². The highest BCUT2D eigenvalue weighted by atomic mass is 16.7. The molecule has 1 fully saturated rings. The topological polar surface area (TPSA) is 48.7 Å². The first-order valence-corrected chi connectivity index (χ1v) is 6.26. The Hall–Kier alpha value is -1.91. The van der Waals surface area contributed by atoms with Gasteiger partial charge >= 0.3 is 0 Å². The normalized spacial score (nSPS) is 16.4. The van der Waals surface area contributed by atoms with E-state index in [2.05, 4.69) is 0 Å². The zero-order valence-electron chi connectivity index (χ0n) is 10.4. The summed E-state index contributed by atoms with van der Waals surface area (Å²) < 4.78 is 16.2. The molecule has 1 aliphatic rings. The first kappa shape index (κ1) is 12.1. The Labute approximate surface area is 110 Å². The highest BCUT2D eigenvalue weighted by molar-refractivity contribution is 6.07. The molecule has 2 aromatic rings. The molecule has 1 aromatic heterocycles. The third kappa shape index (κ3) is 2.59. The van der Waals surface area contributed by atoms with Gasteiger partial charge in [0.1, 0.15) is 0 Å². The van der Waals surface area contributed by atoms with Crippen molar-refractivity contribution >= 4 is 5.78 Å². The van der Waals surface area contributed by atoms with Gasteiger partial charge in [0.15, 0.2) is 12.1 Å². The third-order valence-corrected chi connectivity index (χ3v) is 2.99. The molecule has 0 N–H and O–H groups in total. The predicted molar refractivity (Wildman–Crippen MR) is 67.8 cm³/mol. The van der Waals surface area contributed by atoms with E-state index in [1.807, 2.05) is 12.1 Å².